The second kappa shape index (κ2) is 8.75. The fourth-order valence-corrected chi connectivity index (χ4v) is 3.95. The number of ether oxygens (including phenoxy) is 1. The zero-order valence-electron chi connectivity index (χ0n) is 17.7. The van der Waals surface area contributed by atoms with Crippen molar-refractivity contribution in [1.82, 2.24) is 0 Å². The van der Waals surface area contributed by atoms with Crippen LogP contribution in [0.4, 0.5) is 5.69 Å². The van der Waals surface area contributed by atoms with Gasteiger partial charge in [0.25, 0.3) is 5.69 Å². The van der Waals surface area contributed by atoms with Gasteiger partial charge in [-0.05, 0) is 30.5 Å². The number of aliphatic hydroxyl groups excluding tert-OH is 1. The summed E-state index contributed by atoms with van der Waals surface area (Å²) < 4.78 is 10.9. The normalized spacial score (nSPS) is 16.8. The van der Waals surface area contributed by atoms with Crippen molar-refractivity contribution in [3.8, 4) is 11.3 Å². The summed E-state index contributed by atoms with van der Waals surface area (Å²) in [6, 6.07) is 9.27. The highest BCUT2D eigenvalue weighted by Gasteiger charge is 2.39. The number of benzene rings is 1. The molecule has 8 heteroatoms. The third-order valence-corrected chi connectivity index (χ3v) is 5.26. The zero-order valence-corrected chi connectivity index (χ0v) is 17.7. The van der Waals surface area contributed by atoms with Crippen LogP contribution in [0.1, 0.15) is 51.7 Å². The fourth-order valence-electron chi connectivity index (χ4n) is 3.95. The maximum Gasteiger partial charge on any atom is 0.306 e. The Morgan fingerprint density at radius 3 is 2.61 bits per heavy atom. The molecule has 164 valence electrons. The molecule has 0 saturated heterocycles. The van der Waals surface area contributed by atoms with Gasteiger partial charge in [-0.3, -0.25) is 19.7 Å². The number of Topliss-reactive ketones (excluding diaryl/α,β-unsaturated/α-hetero) is 1. The summed E-state index contributed by atoms with van der Waals surface area (Å²) >= 11 is 0. The summed E-state index contributed by atoms with van der Waals surface area (Å²) in [6.07, 6.45) is 0.331. The standard InChI is InChI=1S/C23H25NO7/c1-4-30-21(27)11-15(22-17(25)12-23(2,3)13-18(22)26)20-10-9-19(31-20)14-7-5-6-8-16(14)24(28)29/h5-10,15,25H,4,11-13H2,1-3H3. The van der Waals surface area contributed by atoms with E-state index >= 15 is 0 Å². The number of nitrogens with zero attached hydrogens (tertiary/aromatic N) is 1. The first kappa shape index (κ1) is 22.3. The number of nitro groups is 1. The SMILES string of the molecule is CCOC(=O)CC(C1=C(O)CC(C)(C)CC1=O)c1ccc(-c2ccccc2[N+](=O)[O-])o1. The van der Waals surface area contributed by atoms with E-state index in [2.05, 4.69) is 0 Å². The Morgan fingerprint density at radius 1 is 1.26 bits per heavy atom. The summed E-state index contributed by atoms with van der Waals surface area (Å²) in [5.74, 6) is -1.21. The number of para-hydroxylation sites is 1. The number of ketones is 1. The number of hydrogen-bond acceptors (Lipinski definition) is 7. The number of allylic oxidation sites excluding steroid dienone is 2. The third-order valence-electron chi connectivity index (χ3n) is 5.26. The van der Waals surface area contributed by atoms with Gasteiger partial charge in [0.15, 0.2) is 5.78 Å². The molecular weight excluding hydrogens is 402 g/mol. The van der Waals surface area contributed by atoms with Gasteiger partial charge in [0.1, 0.15) is 17.3 Å². The number of nitro benzene ring substituents is 1. The van der Waals surface area contributed by atoms with Gasteiger partial charge in [0.2, 0.25) is 0 Å². The Balaban J connectivity index is 2.05. The average Bonchev–Trinajstić information content (AvgIpc) is 3.15. The van der Waals surface area contributed by atoms with Crippen LogP contribution >= 0.6 is 0 Å². The van der Waals surface area contributed by atoms with Gasteiger partial charge in [-0.2, -0.15) is 0 Å². The highest BCUT2D eigenvalue weighted by Crippen LogP contribution is 2.43. The van der Waals surface area contributed by atoms with E-state index in [1.165, 1.54) is 6.07 Å². The van der Waals surface area contributed by atoms with Crippen LogP contribution in [0.2, 0.25) is 0 Å². The van der Waals surface area contributed by atoms with Crippen molar-refractivity contribution in [2.45, 2.75) is 46.0 Å². The number of rotatable bonds is 7. The molecule has 1 aromatic heterocycles. The molecule has 1 aliphatic rings. The second-order valence-corrected chi connectivity index (χ2v) is 8.34. The molecule has 0 aliphatic heterocycles. The van der Waals surface area contributed by atoms with Crippen LogP contribution in [0.25, 0.3) is 11.3 Å². The van der Waals surface area contributed by atoms with Gasteiger partial charge >= 0.3 is 5.97 Å². The van der Waals surface area contributed by atoms with Crippen LogP contribution in [0, 0.1) is 15.5 Å². The van der Waals surface area contributed by atoms with Crippen molar-refractivity contribution in [3.05, 3.63) is 63.6 Å². The van der Waals surface area contributed by atoms with Crippen LogP contribution in [-0.4, -0.2) is 28.4 Å². The minimum Gasteiger partial charge on any atom is -0.512 e. The number of furan rings is 1. The molecule has 1 unspecified atom stereocenters. The average molecular weight is 427 g/mol. The molecule has 31 heavy (non-hydrogen) atoms. The summed E-state index contributed by atoms with van der Waals surface area (Å²) in [6.45, 7) is 5.63. The van der Waals surface area contributed by atoms with E-state index in [1.54, 1.807) is 37.3 Å². The lowest BCUT2D eigenvalue weighted by molar-refractivity contribution is -0.384. The molecule has 0 spiro atoms. The smallest absolute Gasteiger partial charge is 0.306 e. The van der Waals surface area contributed by atoms with Crippen molar-refractivity contribution >= 4 is 17.4 Å². The van der Waals surface area contributed by atoms with Crippen molar-refractivity contribution in [2.24, 2.45) is 5.41 Å². The quantitative estimate of drug-likeness (QED) is 0.371. The Hall–Kier alpha value is -3.42. The predicted octanol–water partition coefficient (Wildman–Crippen LogP) is 5.09. The Kier molecular flexibility index (Phi) is 6.29. The van der Waals surface area contributed by atoms with Gasteiger partial charge < -0.3 is 14.3 Å². The first-order valence-corrected chi connectivity index (χ1v) is 10.1. The van der Waals surface area contributed by atoms with E-state index in [0.29, 0.717) is 6.42 Å². The van der Waals surface area contributed by atoms with Crippen molar-refractivity contribution in [1.29, 1.82) is 0 Å². The van der Waals surface area contributed by atoms with Crippen molar-refractivity contribution < 1.29 is 28.8 Å². The Labute approximate surface area is 179 Å². The minimum absolute atomic E-state index is 0.0702. The number of hydrogen-bond donors (Lipinski definition) is 1. The van der Waals surface area contributed by atoms with Gasteiger partial charge in [-0.15, -0.1) is 0 Å². The third kappa shape index (κ3) is 4.84. The molecule has 0 radical (unpaired) electrons. The number of carbonyl (C=O) groups is 2. The number of aliphatic hydroxyl groups is 1. The molecule has 0 fully saturated rings. The summed E-state index contributed by atoms with van der Waals surface area (Å²) in [4.78, 5) is 36.0. The first-order chi connectivity index (χ1) is 14.6. The topological polar surface area (TPSA) is 120 Å². The molecule has 8 nitrogen and oxygen atoms in total. The van der Waals surface area contributed by atoms with Crippen LogP contribution in [0.15, 0.2) is 52.1 Å². The fraction of sp³-hybridized carbons (Fsp3) is 0.391. The zero-order chi connectivity index (χ0) is 22.8. The monoisotopic (exact) mass is 427 g/mol. The second-order valence-electron chi connectivity index (χ2n) is 8.34. The highest BCUT2D eigenvalue weighted by atomic mass is 16.6. The maximum absolute atomic E-state index is 12.9. The molecule has 1 heterocycles. The lowest BCUT2D eigenvalue weighted by Crippen LogP contribution is -2.29. The molecule has 0 amide bonds. The van der Waals surface area contributed by atoms with Crippen LogP contribution in [-0.2, 0) is 14.3 Å². The molecule has 3 rings (SSSR count). The predicted molar refractivity (Wildman–Crippen MR) is 112 cm³/mol. The molecule has 0 bridgehead atoms. The number of carbonyl (C=O) groups excluding carboxylic acids is 2. The molecule has 0 saturated carbocycles. The highest BCUT2D eigenvalue weighted by molar-refractivity contribution is 5.99. The summed E-state index contributed by atoms with van der Waals surface area (Å²) in [5, 5.41) is 22.0. The van der Waals surface area contributed by atoms with Crippen LogP contribution < -0.4 is 0 Å². The van der Waals surface area contributed by atoms with Crippen LogP contribution in [0.3, 0.4) is 0 Å². The molecule has 1 aliphatic carbocycles. The largest absolute Gasteiger partial charge is 0.512 e. The maximum atomic E-state index is 12.9. The van der Waals surface area contributed by atoms with E-state index in [1.807, 2.05) is 13.8 Å². The van der Waals surface area contributed by atoms with Gasteiger partial charge in [-0.25, -0.2) is 0 Å². The molecule has 2 aromatic rings. The lowest BCUT2D eigenvalue weighted by atomic mass is 9.73. The molecule has 1 atom stereocenters. The first-order valence-electron chi connectivity index (χ1n) is 10.1. The molecule has 1 N–H and O–H groups in total. The minimum atomic E-state index is -0.848. The van der Waals surface area contributed by atoms with E-state index in [-0.39, 0.29) is 59.3 Å². The van der Waals surface area contributed by atoms with Crippen molar-refractivity contribution in [3.63, 3.8) is 0 Å². The van der Waals surface area contributed by atoms with Gasteiger partial charge in [0, 0.05) is 24.5 Å². The Bertz CT molecular complexity index is 1050. The van der Waals surface area contributed by atoms with Gasteiger partial charge in [0.05, 0.1) is 29.4 Å². The van der Waals surface area contributed by atoms with E-state index in [9.17, 15) is 24.8 Å². The summed E-state index contributed by atoms with van der Waals surface area (Å²) in [7, 11) is 0. The van der Waals surface area contributed by atoms with Gasteiger partial charge in [-0.1, -0.05) is 26.0 Å². The van der Waals surface area contributed by atoms with E-state index in [4.69, 9.17) is 9.15 Å². The summed E-state index contributed by atoms with van der Waals surface area (Å²) in [5.41, 5.74) is -0.0975. The van der Waals surface area contributed by atoms with E-state index in [0.717, 1.165) is 0 Å². The van der Waals surface area contributed by atoms with Crippen molar-refractivity contribution in [2.75, 3.05) is 6.61 Å². The Morgan fingerprint density at radius 2 is 1.97 bits per heavy atom. The van der Waals surface area contributed by atoms with Crippen LogP contribution in [0.5, 0.6) is 0 Å². The lowest BCUT2D eigenvalue weighted by Gasteiger charge is -2.31. The molecule has 1 aromatic carbocycles. The molecular formula is C23H25NO7. The van der Waals surface area contributed by atoms with E-state index < -0.39 is 22.2 Å². The number of esters is 1.